The largest absolute Gasteiger partial charge is 0.314 e. The number of hydrogen-bond donors (Lipinski definition) is 1. The van der Waals surface area contributed by atoms with Crippen molar-refractivity contribution in [2.75, 3.05) is 19.6 Å². The van der Waals surface area contributed by atoms with Crippen LogP contribution in [0.4, 0.5) is 4.39 Å². The molecule has 106 valence electrons. The van der Waals surface area contributed by atoms with E-state index in [9.17, 15) is 4.39 Å². The highest BCUT2D eigenvalue weighted by atomic mass is 35.5. The molecule has 4 heteroatoms. The van der Waals surface area contributed by atoms with Crippen molar-refractivity contribution in [3.05, 3.63) is 34.6 Å². The maximum absolute atomic E-state index is 13.5. The van der Waals surface area contributed by atoms with E-state index in [0.29, 0.717) is 12.6 Å². The van der Waals surface area contributed by atoms with Gasteiger partial charge < -0.3 is 5.32 Å². The molecule has 1 saturated heterocycles. The Labute approximate surface area is 119 Å². The van der Waals surface area contributed by atoms with Crippen molar-refractivity contribution in [3.8, 4) is 0 Å². The van der Waals surface area contributed by atoms with E-state index in [2.05, 4.69) is 31.0 Å². The molecule has 1 fully saturated rings. The Morgan fingerprint density at radius 1 is 1.42 bits per heavy atom. The van der Waals surface area contributed by atoms with Crippen molar-refractivity contribution >= 4 is 11.6 Å². The molecule has 1 aliphatic heterocycles. The van der Waals surface area contributed by atoms with Gasteiger partial charge in [-0.1, -0.05) is 44.5 Å². The van der Waals surface area contributed by atoms with E-state index in [-0.39, 0.29) is 16.3 Å². The Kier molecular flexibility index (Phi) is 4.49. The van der Waals surface area contributed by atoms with Gasteiger partial charge in [0.25, 0.3) is 0 Å². The zero-order valence-electron chi connectivity index (χ0n) is 11.8. The first-order valence-corrected chi connectivity index (χ1v) is 7.15. The number of rotatable bonds is 2. The van der Waals surface area contributed by atoms with E-state index in [4.69, 9.17) is 11.6 Å². The molecule has 1 N–H and O–H groups in total. The maximum Gasteiger partial charge on any atom is 0.142 e. The Bertz CT molecular complexity index is 442. The van der Waals surface area contributed by atoms with Crippen LogP contribution in [-0.4, -0.2) is 30.6 Å². The van der Waals surface area contributed by atoms with Crippen LogP contribution >= 0.6 is 11.6 Å². The molecule has 0 amide bonds. The van der Waals surface area contributed by atoms with Crippen LogP contribution in [0.3, 0.4) is 0 Å². The summed E-state index contributed by atoms with van der Waals surface area (Å²) in [5.74, 6) is -0.332. The fraction of sp³-hybridized carbons (Fsp3) is 0.600. The van der Waals surface area contributed by atoms with Gasteiger partial charge in [-0.3, -0.25) is 4.90 Å². The van der Waals surface area contributed by atoms with E-state index in [1.165, 1.54) is 6.07 Å². The smallest absolute Gasteiger partial charge is 0.142 e. The van der Waals surface area contributed by atoms with E-state index in [1.54, 1.807) is 6.07 Å². The third kappa shape index (κ3) is 3.47. The van der Waals surface area contributed by atoms with Gasteiger partial charge in [0.15, 0.2) is 0 Å². The van der Waals surface area contributed by atoms with Crippen molar-refractivity contribution in [1.29, 1.82) is 0 Å². The van der Waals surface area contributed by atoms with Crippen LogP contribution < -0.4 is 5.32 Å². The summed E-state index contributed by atoms with van der Waals surface area (Å²) < 4.78 is 13.5. The van der Waals surface area contributed by atoms with Gasteiger partial charge in [-0.2, -0.15) is 0 Å². The first-order chi connectivity index (χ1) is 8.89. The van der Waals surface area contributed by atoms with E-state index in [0.717, 1.165) is 25.2 Å². The molecular weight excluding hydrogens is 263 g/mol. The molecule has 0 spiro atoms. The Hall–Kier alpha value is -0.640. The first-order valence-electron chi connectivity index (χ1n) is 6.77. The van der Waals surface area contributed by atoms with E-state index in [1.807, 2.05) is 6.07 Å². The summed E-state index contributed by atoms with van der Waals surface area (Å²) in [6.45, 7) is 10.3. The van der Waals surface area contributed by atoms with E-state index < -0.39 is 0 Å². The molecular formula is C15H22ClFN2. The normalized spacial score (nSPS) is 21.6. The van der Waals surface area contributed by atoms with Crippen LogP contribution in [0.25, 0.3) is 0 Å². The Morgan fingerprint density at radius 3 is 2.84 bits per heavy atom. The second kappa shape index (κ2) is 5.78. The predicted molar refractivity (Wildman–Crippen MR) is 77.9 cm³/mol. The third-order valence-electron chi connectivity index (χ3n) is 3.76. The second-order valence-corrected chi connectivity index (χ2v) is 6.65. The fourth-order valence-corrected chi connectivity index (χ4v) is 2.86. The highest BCUT2D eigenvalue weighted by molar-refractivity contribution is 6.31. The second-order valence-electron chi connectivity index (χ2n) is 6.27. The average Bonchev–Trinajstić information content (AvgIpc) is 2.34. The molecule has 0 saturated carbocycles. The number of halogens is 2. The molecule has 0 aliphatic carbocycles. The van der Waals surface area contributed by atoms with Gasteiger partial charge in [-0.05, 0) is 17.0 Å². The maximum atomic E-state index is 13.5. The molecule has 1 aromatic carbocycles. The molecule has 1 aliphatic rings. The molecule has 2 rings (SSSR count). The van der Waals surface area contributed by atoms with Crippen molar-refractivity contribution < 1.29 is 4.39 Å². The molecule has 0 radical (unpaired) electrons. The summed E-state index contributed by atoms with van der Waals surface area (Å²) in [5, 5.41) is 3.69. The average molecular weight is 285 g/mol. The van der Waals surface area contributed by atoms with E-state index >= 15 is 0 Å². The lowest BCUT2D eigenvalue weighted by Gasteiger charge is -2.43. The fourth-order valence-electron chi connectivity index (χ4n) is 2.68. The first kappa shape index (κ1) is 14.8. The monoisotopic (exact) mass is 284 g/mol. The van der Waals surface area contributed by atoms with Crippen LogP contribution in [0.5, 0.6) is 0 Å². The third-order valence-corrected chi connectivity index (χ3v) is 4.18. The van der Waals surface area contributed by atoms with Gasteiger partial charge >= 0.3 is 0 Å². The van der Waals surface area contributed by atoms with Crippen molar-refractivity contribution in [2.24, 2.45) is 5.41 Å². The molecule has 1 atom stereocenters. The molecule has 1 aromatic rings. The number of piperazine rings is 1. The lowest BCUT2D eigenvalue weighted by molar-refractivity contribution is 0.0688. The van der Waals surface area contributed by atoms with Gasteiger partial charge in [-0.25, -0.2) is 4.39 Å². The van der Waals surface area contributed by atoms with Gasteiger partial charge in [0, 0.05) is 32.2 Å². The highest BCUT2D eigenvalue weighted by Gasteiger charge is 2.32. The van der Waals surface area contributed by atoms with Crippen molar-refractivity contribution in [2.45, 2.75) is 33.4 Å². The van der Waals surface area contributed by atoms with Crippen LogP contribution in [0.15, 0.2) is 18.2 Å². The Balaban J connectivity index is 2.18. The highest BCUT2D eigenvalue weighted by Crippen LogP contribution is 2.28. The molecule has 0 bridgehead atoms. The molecule has 19 heavy (non-hydrogen) atoms. The topological polar surface area (TPSA) is 15.3 Å². The van der Waals surface area contributed by atoms with Crippen LogP contribution in [0, 0.1) is 11.2 Å². The summed E-state index contributed by atoms with van der Waals surface area (Å²) >= 11 is 6.06. The standard InChI is InChI=1S/C15H22ClFN2/c1-15(2,3)13-9-18-7-8-19(13)10-11-5-4-6-12(17)14(11)16/h4-6,13,18H,7-10H2,1-3H3. The summed E-state index contributed by atoms with van der Waals surface area (Å²) in [4.78, 5) is 2.40. The van der Waals surface area contributed by atoms with Crippen LogP contribution in [-0.2, 0) is 6.54 Å². The number of benzene rings is 1. The summed E-state index contributed by atoms with van der Waals surface area (Å²) in [6.07, 6.45) is 0. The lowest BCUT2D eigenvalue weighted by atomic mass is 9.84. The number of nitrogens with one attached hydrogen (secondary N) is 1. The van der Waals surface area contributed by atoms with Gasteiger partial charge in [0.1, 0.15) is 5.82 Å². The zero-order chi connectivity index (χ0) is 14.0. The predicted octanol–water partition coefficient (Wildman–Crippen LogP) is 3.30. The molecule has 0 aromatic heterocycles. The van der Waals surface area contributed by atoms with Crippen molar-refractivity contribution in [3.63, 3.8) is 0 Å². The van der Waals surface area contributed by atoms with Crippen LogP contribution in [0.2, 0.25) is 5.02 Å². The Morgan fingerprint density at radius 2 is 2.16 bits per heavy atom. The molecule has 1 unspecified atom stereocenters. The van der Waals surface area contributed by atoms with Crippen LogP contribution in [0.1, 0.15) is 26.3 Å². The number of hydrogen-bond acceptors (Lipinski definition) is 2. The quantitative estimate of drug-likeness (QED) is 0.896. The summed E-state index contributed by atoms with van der Waals surface area (Å²) in [7, 11) is 0. The number of nitrogens with zero attached hydrogens (tertiary/aromatic N) is 1. The molecule has 1 heterocycles. The minimum absolute atomic E-state index is 0.188. The summed E-state index contributed by atoms with van der Waals surface area (Å²) in [5.41, 5.74) is 1.06. The van der Waals surface area contributed by atoms with Gasteiger partial charge in [-0.15, -0.1) is 0 Å². The minimum Gasteiger partial charge on any atom is -0.314 e. The summed E-state index contributed by atoms with van der Waals surface area (Å²) in [6, 6.07) is 5.48. The van der Waals surface area contributed by atoms with Crippen molar-refractivity contribution in [1.82, 2.24) is 10.2 Å². The minimum atomic E-state index is -0.332. The lowest BCUT2D eigenvalue weighted by Crippen LogP contribution is -2.56. The molecule has 2 nitrogen and oxygen atoms in total. The van der Waals surface area contributed by atoms with Gasteiger partial charge in [0.05, 0.1) is 5.02 Å². The SMILES string of the molecule is CC(C)(C)C1CNCCN1Cc1cccc(F)c1Cl. The zero-order valence-corrected chi connectivity index (χ0v) is 12.6. The van der Waals surface area contributed by atoms with Gasteiger partial charge in [0.2, 0.25) is 0 Å².